The maximum atomic E-state index is 12.7. The van der Waals surface area contributed by atoms with E-state index in [0.29, 0.717) is 11.7 Å². The van der Waals surface area contributed by atoms with E-state index >= 15 is 0 Å². The third-order valence-electron chi connectivity index (χ3n) is 7.38. The molecule has 0 amide bonds. The van der Waals surface area contributed by atoms with Gasteiger partial charge >= 0.3 is 6.18 Å². The van der Waals surface area contributed by atoms with Crippen LogP contribution in [0.15, 0.2) is 43.0 Å². The number of hydrogen-bond acceptors (Lipinski definition) is 3. The van der Waals surface area contributed by atoms with Crippen LogP contribution in [0.25, 0.3) is 5.70 Å². The molecule has 0 radical (unpaired) electrons. The SMILES string of the molecule is C=C(N)c1cc(CC(C)N(C)CCCc2ccccc2CCC(F)(F)F)cc2c1N(CCCC)CC2. The van der Waals surface area contributed by atoms with Gasteiger partial charge in [0.2, 0.25) is 0 Å². The Morgan fingerprint density at radius 1 is 1.14 bits per heavy atom. The molecule has 3 nitrogen and oxygen atoms in total. The fourth-order valence-corrected chi connectivity index (χ4v) is 5.18. The zero-order chi connectivity index (χ0) is 26.3. The number of nitrogens with zero attached hydrogens (tertiary/aromatic N) is 2. The molecule has 2 N–H and O–H groups in total. The summed E-state index contributed by atoms with van der Waals surface area (Å²) in [5.41, 5.74) is 13.7. The minimum absolute atomic E-state index is 0.0505. The first-order valence-corrected chi connectivity index (χ1v) is 13.3. The van der Waals surface area contributed by atoms with E-state index in [9.17, 15) is 13.2 Å². The highest BCUT2D eigenvalue weighted by molar-refractivity contribution is 5.79. The molecule has 1 aliphatic rings. The van der Waals surface area contributed by atoms with Crippen molar-refractivity contribution in [1.82, 2.24) is 4.90 Å². The minimum atomic E-state index is -4.12. The fraction of sp³-hybridized carbons (Fsp3) is 0.533. The van der Waals surface area contributed by atoms with Gasteiger partial charge in [0.25, 0.3) is 0 Å². The third-order valence-corrected chi connectivity index (χ3v) is 7.38. The smallest absolute Gasteiger partial charge is 0.389 e. The highest BCUT2D eigenvalue weighted by Gasteiger charge is 2.27. The van der Waals surface area contributed by atoms with Gasteiger partial charge in [-0.3, -0.25) is 0 Å². The van der Waals surface area contributed by atoms with Crippen molar-refractivity contribution in [3.05, 3.63) is 70.8 Å². The van der Waals surface area contributed by atoms with Crippen LogP contribution in [-0.2, 0) is 25.7 Å². The average molecular weight is 502 g/mol. The van der Waals surface area contributed by atoms with Crippen LogP contribution in [0.1, 0.15) is 67.3 Å². The number of fused-ring (bicyclic) bond motifs is 1. The van der Waals surface area contributed by atoms with Crippen molar-refractivity contribution in [3.63, 3.8) is 0 Å². The van der Waals surface area contributed by atoms with E-state index in [2.05, 4.69) is 49.4 Å². The Labute approximate surface area is 215 Å². The van der Waals surface area contributed by atoms with Gasteiger partial charge in [0, 0.05) is 42.5 Å². The molecule has 0 aromatic heterocycles. The highest BCUT2D eigenvalue weighted by Crippen LogP contribution is 2.36. The summed E-state index contributed by atoms with van der Waals surface area (Å²) in [6.45, 7) is 11.5. The molecular weight excluding hydrogens is 459 g/mol. The molecule has 1 atom stereocenters. The normalized spacial score (nSPS) is 14.4. The van der Waals surface area contributed by atoms with E-state index in [1.54, 1.807) is 0 Å². The first kappa shape index (κ1) is 28.1. The summed E-state index contributed by atoms with van der Waals surface area (Å²) < 4.78 is 38.1. The van der Waals surface area contributed by atoms with E-state index in [0.717, 1.165) is 62.0 Å². The molecule has 1 heterocycles. The van der Waals surface area contributed by atoms with E-state index in [1.165, 1.54) is 29.7 Å². The average Bonchev–Trinajstić information content (AvgIpc) is 3.23. The van der Waals surface area contributed by atoms with E-state index in [1.807, 2.05) is 24.3 Å². The number of nitrogens with two attached hydrogens (primary N) is 1. The molecule has 0 fully saturated rings. The summed E-state index contributed by atoms with van der Waals surface area (Å²) in [5.74, 6) is 0. The summed E-state index contributed by atoms with van der Waals surface area (Å²) in [6, 6.07) is 12.4. The lowest BCUT2D eigenvalue weighted by molar-refractivity contribution is -0.134. The molecule has 0 bridgehead atoms. The monoisotopic (exact) mass is 501 g/mol. The van der Waals surface area contributed by atoms with Crippen molar-refractivity contribution >= 4 is 11.4 Å². The van der Waals surface area contributed by atoms with Gasteiger partial charge in [0.15, 0.2) is 0 Å². The van der Waals surface area contributed by atoms with Crippen molar-refractivity contribution in [3.8, 4) is 0 Å². The number of rotatable bonds is 13. The Hall–Kier alpha value is -2.47. The van der Waals surface area contributed by atoms with E-state index in [-0.39, 0.29) is 6.42 Å². The standard InChI is InChI=1S/C30H42F3N3/c1-5-6-17-36-18-14-27-20-24(21-28(23(3)34)29(27)36)19-22(2)35(4)16-9-12-25-10-7-8-11-26(25)13-15-30(31,32)33/h7-8,10-11,20-22H,3,5-6,9,12-19,34H2,1-2,4H3. The molecule has 3 rings (SSSR count). The molecule has 6 heteroatoms. The lowest BCUT2D eigenvalue weighted by Crippen LogP contribution is -2.32. The molecular formula is C30H42F3N3. The molecule has 1 unspecified atom stereocenters. The number of unbranched alkanes of at least 4 members (excludes halogenated alkanes) is 1. The van der Waals surface area contributed by atoms with Crippen LogP contribution in [0.3, 0.4) is 0 Å². The van der Waals surface area contributed by atoms with Crippen LogP contribution >= 0.6 is 0 Å². The number of anilines is 1. The largest absolute Gasteiger partial charge is 0.399 e. The minimum Gasteiger partial charge on any atom is -0.399 e. The topological polar surface area (TPSA) is 32.5 Å². The second-order valence-corrected chi connectivity index (χ2v) is 10.3. The van der Waals surface area contributed by atoms with Gasteiger partial charge in [-0.2, -0.15) is 13.2 Å². The molecule has 0 aliphatic carbocycles. The molecule has 0 saturated heterocycles. The first-order valence-electron chi connectivity index (χ1n) is 13.3. The number of alkyl halides is 3. The molecule has 36 heavy (non-hydrogen) atoms. The van der Waals surface area contributed by atoms with Crippen LogP contribution < -0.4 is 10.6 Å². The molecule has 0 spiro atoms. The Kier molecular flexibility index (Phi) is 9.89. The van der Waals surface area contributed by atoms with Gasteiger partial charge < -0.3 is 15.5 Å². The van der Waals surface area contributed by atoms with Crippen LogP contribution in [0.5, 0.6) is 0 Å². The predicted molar refractivity (Wildman–Crippen MR) is 145 cm³/mol. The molecule has 2 aromatic rings. The number of likely N-dealkylation sites (N-methyl/N-ethyl adjacent to an activating group) is 1. The summed E-state index contributed by atoms with van der Waals surface area (Å²) >= 11 is 0. The second-order valence-electron chi connectivity index (χ2n) is 10.3. The fourth-order valence-electron chi connectivity index (χ4n) is 5.18. The first-order chi connectivity index (χ1) is 17.1. The second kappa shape index (κ2) is 12.7. The predicted octanol–water partition coefficient (Wildman–Crippen LogP) is 6.77. The van der Waals surface area contributed by atoms with Gasteiger partial charge in [-0.15, -0.1) is 0 Å². The summed E-state index contributed by atoms with van der Waals surface area (Å²) in [4.78, 5) is 4.80. The number of hydrogen-bond donors (Lipinski definition) is 1. The Bertz CT molecular complexity index is 1010. The van der Waals surface area contributed by atoms with Crippen LogP contribution in [-0.4, -0.2) is 43.8 Å². The highest BCUT2D eigenvalue weighted by atomic mass is 19.4. The van der Waals surface area contributed by atoms with E-state index < -0.39 is 12.6 Å². The zero-order valence-electron chi connectivity index (χ0n) is 22.1. The zero-order valence-corrected chi connectivity index (χ0v) is 22.1. The van der Waals surface area contributed by atoms with Crippen molar-refractivity contribution in [2.24, 2.45) is 5.73 Å². The van der Waals surface area contributed by atoms with Gasteiger partial charge in [-0.05, 0) is 87.4 Å². The van der Waals surface area contributed by atoms with Crippen LogP contribution in [0.2, 0.25) is 0 Å². The third kappa shape index (κ3) is 7.76. The summed E-state index contributed by atoms with van der Waals surface area (Å²) in [5, 5.41) is 0. The van der Waals surface area contributed by atoms with Crippen molar-refractivity contribution < 1.29 is 13.2 Å². The summed E-state index contributed by atoms with van der Waals surface area (Å²) in [6.07, 6.45) is 1.17. The van der Waals surface area contributed by atoms with Crippen molar-refractivity contribution in [1.29, 1.82) is 0 Å². The number of halogens is 3. The Morgan fingerprint density at radius 2 is 1.83 bits per heavy atom. The Morgan fingerprint density at radius 3 is 2.47 bits per heavy atom. The molecule has 2 aromatic carbocycles. The number of aryl methyl sites for hydroxylation is 2. The number of benzene rings is 2. The Balaban J connectivity index is 1.59. The quantitative estimate of drug-likeness (QED) is 0.329. The van der Waals surface area contributed by atoms with E-state index in [4.69, 9.17) is 5.73 Å². The maximum Gasteiger partial charge on any atom is 0.389 e. The van der Waals surface area contributed by atoms with Crippen LogP contribution in [0.4, 0.5) is 18.9 Å². The summed E-state index contributed by atoms with van der Waals surface area (Å²) in [7, 11) is 2.13. The van der Waals surface area contributed by atoms with Crippen molar-refractivity contribution in [2.45, 2.75) is 77.4 Å². The van der Waals surface area contributed by atoms with Gasteiger partial charge in [0.05, 0.1) is 0 Å². The van der Waals surface area contributed by atoms with Crippen LogP contribution in [0, 0.1) is 0 Å². The lowest BCUT2D eigenvalue weighted by atomic mass is 9.96. The van der Waals surface area contributed by atoms with Crippen molar-refractivity contribution in [2.75, 3.05) is 31.6 Å². The lowest BCUT2D eigenvalue weighted by Gasteiger charge is -2.26. The van der Waals surface area contributed by atoms with Gasteiger partial charge in [-0.1, -0.05) is 50.3 Å². The molecule has 198 valence electrons. The molecule has 1 aliphatic heterocycles. The molecule has 0 saturated carbocycles. The van der Waals surface area contributed by atoms with Gasteiger partial charge in [0.1, 0.15) is 0 Å². The maximum absolute atomic E-state index is 12.7. The van der Waals surface area contributed by atoms with Gasteiger partial charge in [-0.25, -0.2) is 0 Å².